The number of aliphatic hydroxyl groups is 1. The Balaban J connectivity index is 2.31. The highest BCUT2D eigenvalue weighted by molar-refractivity contribution is 4.91. The zero-order chi connectivity index (χ0) is 11.4. The molecule has 3 nitrogen and oxygen atoms in total. The Kier molecular flexibility index (Phi) is 4.56. The van der Waals surface area contributed by atoms with E-state index < -0.39 is 5.60 Å². The summed E-state index contributed by atoms with van der Waals surface area (Å²) in [6.45, 7) is 6.71. The van der Waals surface area contributed by atoms with Crippen LogP contribution in [0.2, 0.25) is 0 Å². The molecule has 0 aliphatic heterocycles. The van der Waals surface area contributed by atoms with Crippen LogP contribution >= 0.6 is 0 Å². The summed E-state index contributed by atoms with van der Waals surface area (Å²) >= 11 is 0. The molecule has 1 fully saturated rings. The molecule has 2 N–H and O–H groups in total. The van der Waals surface area contributed by atoms with Crippen molar-refractivity contribution in [3.63, 3.8) is 0 Å². The second-order valence-corrected chi connectivity index (χ2v) is 5.59. The first-order valence-corrected chi connectivity index (χ1v) is 5.90. The van der Waals surface area contributed by atoms with E-state index in [1.54, 1.807) is 7.11 Å². The summed E-state index contributed by atoms with van der Waals surface area (Å²) in [5.74, 6) is 0. The number of hydrogen-bond acceptors (Lipinski definition) is 3. The fourth-order valence-corrected chi connectivity index (χ4v) is 2.61. The van der Waals surface area contributed by atoms with Crippen molar-refractivity contribution in [2.24, 2.45) is 5.41 Å². The second kappa shape index (κ2) is 5.28. The number of rotatable bonds is 5. The first kappa shape index (κ1) is 12.9. The summed E-state index contributed by atoms with van der Waals surface area (Å²) < 4.78 is 4.96. The lowest BCUT2D eigenvalue weighted by atomic mass is 9.70. The van der Waals surface area contributed by atoms with Crippen molar-refractivity contribution in [2.75, 3.05) is 26.8 Å². The normalized spacial score (nSPS) is 30.4. The minimum absolute atomic E-state index is 0.288. The first-order chi connectivity index (χ1) is 6.97. The maximum Gasteiger partial charge on any atom is 0.0776 e. The van der Waals surface area contributed by atoms with Gasteiger partial charge in [0.2, 0.25) is 0 Å². The molecule has 1 atom stereocenters. The van der Waals surface area contributed by atoms with E-state index in [4.69, 9.17) is 4.74 Å². The van der Waals surface area contributed by atoms with Crippen LogP contribution in [0, 0.1) is 5.41 Å². The number of ether oxygens (including phenoxy) is 1. The Morgan fingerprint density at radius 2 is 2.07 bits per heavy atom. The van der Waals surface area contributed by atoms with Crippen LogP contribution in [-0.4, -0.2) is 37.5 Å². The van der Waals surface area contributed by atoms with E-state index >= 15 is 0 Å². The van der Waals surface area contributed by atoms with Crippen molar-refractivity contribution in [1.82, 2.24) is 5.32 Å². The third kappa shape index (κ3) is 4.49. The van der Waals surface area contributed by atoms with Gasteiger partial charge in [0.25, 0.3) is 0 Å². The van der Waals surface area contributed by atoms with Gasteiger partial charge in [0.05, 0.1) is 12.2 Å². The lowest BCUT2D eigenvalue weighted by molar-refractivity contribution is -0.0377. The Hall–Kier alpha value is -0.120. The van der Waals surface area contributed by atoms with Crippen LogP contribution < -0.4 is 5.32 Å². The molecule has 0 aromatic carbocycles. The predicted molar refractivity (Wildman–Crippen MR) is 61.9 cm³/mol. The predicted octanol–water partition coefficient (Wildman–Crippen LogP) is 1.55. The zero-order valence-electron chi connectivity index (χ0n) is 10.3. The Bertz CT molecular complexity index is 194. The maximum absolute atomic E-state index is 10.4. The molecule has 0 heterocycles. The molecule has 15 heavy (non-hydrogen) atoms. The molecular weight excluding hydrogens is 190 g/mol. The molecule has 1 aliphatic rings. The fraction of sp³-hybridized carbons (Fsp3) is 1.00. The minimum Gasteiger partial charge on any atom is -0.389 e. The maximum atomic E-state index is 10.4. The van der Waals surface area contributed by atoms with Crippen LogP contribution in [0.25, 0.3) is 0 Å². The molecule has 1 aliphatic carbocycles. The van der Waals surface area contributed by atoms with Crippen molar-refractivity contribution < 1.29 is 9.84 Å². The van der Waals surface area contributed by atoms with Gasteiger partial charge in [-0.05, 0) is 24.7 Å². The first-order valence-electron chi connectivity index (χ1n) is 5.90. The molecule has 90 valence electrons. The molecule has 0 amide bonds. The lowest BCUT2D eigenvalue weighted by Crippen LogP contribution is -2.47. The van der Waals surface area contributed by atoms with E-state index in [1.807, 2.05) is 0 Å². The average Bonchev–Trinajstić information content (AvgIpc) is 2.10. The zero-order valence-corrected chi connectivity index (χ0v) is 10.3. The highest BCUT2D eigenvalue weighted by Gasteiger charge is 2.37. The van der Waals surface area contributed by atoms with Crippen molar-refractivity contribution in [1.29, 1.82) is 0 Å². The number of hydrogen-bond donors (Lipinski definition) is 2. The van der Waals surface area contributed by atoms with Gasteiger partial charge < -0.3 is 15.2 Å². The molecule has 0 saturated heterocycles. The van der Waals surface area contributed by atoms with E-state index in [2.05, 4.69) is 19.2 Å². The molecule has 1 rings (SSSR count). The standard InChI is InChI=1S/C12H25NO2/c1-11(2)5-4-6-12(14,9-11)10-13-7-8-15-3/h13-14H,4-10H2,1-3H3. The summed E-state index contributed by atoms with van der Waals surface area (Å²) in [5, 5.41) is 13.7. The van der Waals surface area contributed by atoms with Crippen LogP contribution in [0.15, 0.2) is 0 Å². The molecule has 0 aromatic rings. The molecule has 0 bridgehead atoms. The summed E-state index contributed by atoms with van der Waals surface area (Å²) in [6.07, 6.45) is 4.19. The minimum atomic E-state index is -0.504. The van der Waals surface area contributed by atoms with Crippen molar-refractivity contribution in [3.05, 3.63) is 0 Å². The van der Waals surface area contributed by atoms with Crippen molar-refractivity contribution in [3.8, 4) is 0 Å². The molecule has 1 unspecified atom stereocenters. The highest BCUT2D eigenvalue weighted by atomic mass is 16.5. The largest absolute Gasteiger partial charge is 0.389 e. The van der Waals surface area contributed by atoms with E-state index in [9.17, 15) is 5.11 Å². The Morgan fingerprint density at radius 3 is 2.67 bits per heavy atom. The van der Waals surface area contributed by atoms with Gasteiger partial charge in [0.1, 0.15) is 0 Å². The van der Waals surface area contributed by atoms with E-state index in [-0.39, 0.29) is 5.41 Å². The van der Waals surface area contributed by atoms with Gasteiger partial charge in [-0.25, -0.2) is 0 Å². The number of nitrogens with one attached hydrogen (secondary N) is 1. The third-order valence-electron chi connectivity index (χ3n) is 3.24. The van der Waals surface area contributed by atoms with Crippen LogP contribution in [0.3, 0.4) is 0 Å². The summed E-state index contributed by atoms with van der Waals surface area (Å²) in [5.41, 5.74) is -0.217. The van der Waals surface area contributed by atoms with E-state index in [0.717, 1.165) is 25.8 Å². The van der Waals surface area contributed by atoms with Crippen molar-refractivity contribution >= 4 is 0 Å². The molecule has 3 heteroatoms. The van der Waals surface area contributed by atoms with E-state index in [0.29, 0.717) is 13.2 Å². The van der Waals surface area contributed by atoms with Gasteiger partial charge in [-0.3, -0.25) is 0 Å². The SMILES string of the molecule is COCCNCC1(O)CCCC(C)(C)C1. The van der Waals surface area contributed by atoms with Crippen LogP contribution in [-0.2, 0) is 4.74 Å². The summed E-state index contributed by atoms with van der Waals surface area (Å²) in [6, 6.07) is 0. The summed E-state index contributed by atoms with van der Waals surface area (Å²) in [7, 11) is 1.69. The molecule has 0 radical (unpaired) electrons. The highest BCUT2D eigenvalue weighted by Crippen LogP contribution is 2.40. The Morgan fingerprint density at radius 1 is 1.33 bits per heavy atom. The van der Waals surface area contributed by atoms with Gasteiger partial charge in [-0.15, -0.1) is 0 Å². The number of methoxy groups -OCH3 is 1. The second-order valence-electron chi connectivity index (χ2n) is 5.59. The van der Waals surface area contributed by atoms with Gasteiger partial charge in [-0.1, -0.05) is 20.3 Å². The average molecular weight is 215 g/mol. The van der Waals surface area contributed by atoms with Crippen LogP contribution in [0.4, 0.5) is 0 Å². The topological polar surface area (TPSA) is 41.5 Å². The summed E-state index contributed by atoms with van der Waals surface area (Å²) in [4.78, 5) is 0. The molecule has 1 saturated carbocycles. The van der Waals surface area contributed by atoms with Crippen LogP contribution in [0.5, 0.6) is 0 Å². The smallest absolute Gasteiger partial charge is 0.0776 e. The molecule has 0 spiro atoms. The quantitative estimate of drug-likeness (QED) is 0.684. The van der Waals surface area contributed by atoms with Gasteiger partial charge in [-0.2, -0.15) is 0 Å². The Labute approximate surface area is 93.2 Å². The lowest BCUT2D eigenvalue weighted by Gasteiger charge is -2.41. The fourth-order valence-electron chi connectivity index (χ4n) is 2.61. The van der Waals surface area contributed by atoms with Gasteiger partial charge >= 0.3 is 0 Å². The van der Waals surface area contributed by atoms with Gasteiger partial charge in [0.15, 0.2) is 0 Å². The molecular formula is C12H25NO2. The molecule has 0 aromatic heterocycles. The third-order valence-corrected chi connectivity index (χ3v) is 3.24. The monoisotopic (exact) mass is 215 g/mol. The van der Waals surface area contributed by atoms with E-state index in [1.165, 1.54) is 6.42 Å². The van der Waals surface area contributed by atoms with Gasteiger partial charge in [0, 0.05) is 20.2 Å². The van der Waals surface area contributed by atoms with Crippen molar-refractivity contribution in [2.45, 2.75) is 45.1 Å². The van der Waals surface area contributed by atoms with Crippen LogP contribution in [0.1, 0.15) is 39.5 Å².